The number of hydrogen-bond donors (Lipinski definition) is 1. The number of aromatic nitrogens is 3. The fraction of sp³-hybridized carbons (Fsp3) is 0.450. The molecule has 4 rings (SSSR count). The fourth-order valence-electron chi connectivity index (χ4n) is 3.99. The molecule has 1 aliphatic heterocycles. The van der Waals surface area contributed by atoms with Crippen LogP contribution in [0.3, 0.4) is 0 Å². The molecule has 0 radical (unpaired) electrons. The van der Waals surface area contributed by atoms with Gasteiger partial charge in [0.1, 0.15) is 11.0 Å². The van der Waals surface area contributed by atoms with E-state index in [9.17, 15) is 0 Å². The second-order valence-electron chi connectivity index (χ2n) is 7.51. The SMILES string of the molecule is Cc1ccc(C2(CN(C)Cc3ccc4nsnc4c3)CCNCC2)nc1. The molecule has 6 heteroatoms. The zero-order valence-electron chi connectivity index (χ0n) is 15.4. The summed E-state index contributed by atoms with van der Waals surface area (Å²) < 4.78 is 8.66. The number of nitrogens with one attached hydrogen (secondary N) is 1. The summed E-state index contributed by atoms with van der Waals surface area (Å²) in [4.78, 5) is 7.22. The van der Waals surface area contributed by atoms with Crippen LogP contribution in [0, 0.1) is 6.92 Å². The summed E-state index contributed by atoms with van der Waals surface area (Å²) in [6.45, 7) is 6.13. The Kier molecular flexibility index (Phi) is 4.98. The zero-order valence-corrected chi connectivity index (χ0v) is 16.2. The third kappa shape index (κ3) is 3.63. The molecule has 2 aromatic heterocycles. The molecule has 3 aromatic rings. The number of pyridine rings is 1. The van der Waals surface area contributed by atoms with Crippen LogP contribution in [0.5, 0.6) is 0 Å². The van der Waals surface area contributed by atoms with Gasteiger partial charge in [0.2, 0.25) is 0 Å². The Morgan fingerprint density at radius 3 is 2.69 bits per heavy atom. The van der Waals surface area contributed by atoms with Crippen molar-refractivity contribution in [1.82, 2.24) is 23.9 Å². The van der Waals surface area contributed by atoms with Crippen LogP contribution in [0.15, 0.2) is 36.5 Å². The molecule has 5 nitrogen and oxygen atoms in total. The summed E-state index contributed by atoms with van der Waals surface area (Å²) in [5.74, 6) is 0. The molecule has 0 bridgehead atoms. The molecular formula is C20H25N5S. The number of likely N-dealkylation sites (N-methyl/N-ethyl adjacent to an activating group) is 1. The average Bonchev–Trinajstić information content (AvgIpc) is 3.10. The van der Waals surface area contributed by atoms with Gasteiger partial charge in [0.25, 0.3) is 0 Å². The Bertz CT molecular complexity index is 867. The highest BCUT2D eigenvalue weighted by molar-refractivity contribution is 7.00. The van der Waals surface area contributed by atoms with Gasteiger partial charge in [0.15, 0.2) is 0 Å². The Labute approximate surface area is 158 Å². The molecule has 0 aliphatic carbocycles. The number of piperidine rings is 1. The van der Waals surface area contributed by atoms with Crippen molar-refractivity contribution in [3.8, 4) is 0 Å². The lowest BCUT2D eigenvalue weighted by atomic mass is 9.75. The normalized spacial score (nSPS) is 17.0. The fourth-order valence-corrected chi connectivity index (χ4v) is 4.51. The van der Waals surface area contributed by atoms with Crippen LogP contribution in [0.1, 0.15) is 29.7 Å². The number of hydrogen-bond acceptors (Lipinski definition) is 6. The van der Waals surface area contributed by atoms with Crippen LogP contribution in [0.2, 0.25) is 0 Å². The molecule has 1 saturated heterocycles. The third-order valence-electron chi connectivity index (χ3n) is 5.36. The highest BCUT2D eigenvalue weighted by atomic mass is 32.1. The molecule has 3 heterocycles. The van der Waals surface area contributed by atoms with E-state index in [4.69, 9.17) is 4.98 Å². The van der Waals surface area contributed by atoms with Crippen LogP contribution >= 0.6 is 11.7 Å². The minimum absolute atomic E-state index is 0.125. The molecule has 0 spiro atoms. The highest BCUT2D eigenvalue weighted by Crippen LogP contribution is 2.33. The first-order valence-corrected chi connectivity index (χ1v) is 9.91. The lowest BCUT2D eigenvalue weighted by molar-refractivity contribution is 0.192. The van der Waals surface area contributed by atoms with E-state index in [1.807, 2.05) is 6.20 Å². The first kappa shape index (κ1) is 17.5. The summed E-state index contributed by atoms with van der Waals surface area (Å²) in [5.41, 5.74) is 5.85. The number of benzene rings is 1. The van der Waals surface area contributed by atoms with Gasteiger partial charge in [-0.1, -0.05) is 12.1 Å². The zero-order chi connectivity index (χ0) is 18.0. The van der Waals surface area contributed by atoms with Gasteiger partial charge in [0.05, 0.1) is 11.7 Å². The molecule has 1 aromatic carbocycles. The summed E-state index contributed by atoms with van der Waals surface area (Å²) >= 11 is 1.28. The van der Waals surface area contributed by atoms with Crippen molar-refractivity contribution in [1.29, 1.82) is 0 Å². The Hall–Kier alpha value is -1.89. The van der Waals surface area contributed by atoms with Crippen molar-refractivity contribution in [3.05, 3.63) is 53.3 Å². The molecule has 136 valence electrons. The second-order valence-corrected chi connectivity index (χ2v) is 8.04. The molecule has 1 N–H and O–H groups in total. The lowest BCUT2D eigenvalue weighted by Crippen LogP contribution is -2.47. The smallest absolute Gasteiger partial charge is 0.105 e. The maximum Gasteiger partial charge on any atom is 0.105 e. The number of nitrogens with zero attached hydrogens (tertiary/aromatic N) is 4. The largest absolute Gasteiger partial charge is 0.317 e. The maximum absolute atomic E-state index is 4.80. The molecule has 26 heavy (non-hydrogen) atoms. The van der Waals surface area contributed by atoms with Gasteiger partial charge in [-0.15, -0.1) is 0 Å². The van der Waals surface area contributed by atoms with Crippen molar-refractivity contribution in [2.45, 2.75) is 31.7 Å². The quantitative estimate of drug-likeness (QED) is 0.751. The predicted molar refractivity (Wildman–Crippen MR) is 107 cm³/mol. The lowest BCUT2D eigenvalue weighted by Gasteiger charge is -2.40. The monoisotopic (exact) mass is 367 g/mol. The Morgan fingerprint density at radius 2 is 1.92 bits per heavy atom. The average molecular weight is 368 g/mol. The molecular weight excluding hydrogens is 342 g/mol. The molecule has 0 unspecified atom stereocenters. The number of rotatable bonds is 5. The van der Waals surface area contributed by atoms with Crippen molar-refractivity contribution >= 4 is 22.8 Å². The van der Waals surface area contributed by atoms with Gasteiger partial charge in [-0.25, -0.2) is 0 Å². The second kappa shape index (κ2) is 7.39. The first-order chi connectivity index (χ1) is 12.6. The summed E-state index contributed by atoms with van der Waals surface area (Å²) in [6, 6.07) is 10.8. The van der Waals surface area contributed by atoms with Crippen molar-refractivity contribution in [3.63, 3.8) is 0 Å². The van der Waals surface area contributed by atoms with E-state index in [1.165, 1.54) is 28.5 Å². The predicted octanol–water partition coefficient (Wildman–Crippen LogP) is 3.15. The van der Waals surface area contributed by atoms with Crippen molar-refractivity contribution in [2.75, 3.05) is 26.7 Å². The first-order valence-electron chi connectivity index (χ1n) is 9.18. The molecule has 0 saturated carbocycles. The number of aryl methyl sites for hydroxylation is 1. The minimum atomic E-state index is 0.125. The van der Waals surface area contributed by atoms with Gasteiger partial charge in [-0.2, -0.15) is 8.75 Å². The van der Waals surface area contributed by atoms with Crippen LogP contribution in [-0.2, 0) is 12.0 Å². The van der Waals surface area contributed by atoms with Gasteiger partial charge < -0.3 is 10.2 Å². The third-order valence-corrected chi connectivity index (χ3v) is 5.92. The van der Waals surface area contributed by atoms with Crippen LogP contribution in [0.25, 0.3) is 11.0 Å². The van der Waals surface area contributed by atoms with E-state index >= 15 is 0 Å². The van der Waals surface area contributed by atoms with Crippen LogP contribution in [0.4, 0.5) is 0 Å². The maximum atomic E-state index is 4.80. The topological polar surface area (TPSA) is 53.9 Å². The van der Waals surface area contributed by atoms with Crippen molar-refractivity contribution < 1.29 is 0 Å². The van der Waals surface area contributed by atoms with Crippen LogP contribution in [-0.4, -0.2) is 45.3 Å². The Morgan fingerprint density at radius 1 is 1.12 bits per heavy atom. The van der Waals surface area contributed by atoms with E-state index in [2.05, 4.69) is 63.3 Å². The van der Waals surface area contributed by atoms with Gasteiger partial charge in [0, 0.05) is 30.4 Å². The Balaban J connectivity index is 1.53. The summed E-state index contributed by atoms with van der Waals surface area (Å²) in [7, 11) is 2.21. The van der Waals surface area contributed by atoms with Gasteiger partial charge in [-0.3, -0.25) is 4.98 Å². The van der Waals surface area contributed by atoms with Gasteiger partial charge >= 0.3 is 0 Å². The molecule has 0 atom stereocenters. The minimum Gasteiger partial charge on any atom is -0.317 e. The highest BCUT2D eigenvalue weighted by Gasteiger charge is 2.36. The van der Waals surface area contributed by atoms with E-state index in [1.54, 1.807) is 0 Å². The number of fused-ring (bicyclic) bond motifs is 1. The molecule has 1 aliphatic rings. The molecule has 0 amide bonds. The van der Waals surface area contributed by atoms with E-state index in [-0.39, 0.29) is 5.41 Å². The standard InChI is InChI=1S/C20H25N5S/c1-15-3-6-19(22-12-15)20(7-9-21-10-8-20)14-25(2)13-16-4-5-17-18(11-16)24-26-23-17/h3-6,11-12,21H,7-10,13-14H2,1-2H3. The molecule has 1 fully saturated rings. The van der Waals surface area contributed by atoms with Gasteiger partial charge in [-0.05, 0) is 69.2 Å². The summed E-state index contributed by atoms with van der Waals surface area (Å²) in [6.07, 6.45) is 4.26. The van der Waals surface area contributed by atoms with E-state index < -0.39 is 0 Å². The summed E-state index contributed by atoms with van der Waals surface area (Å²) in [5, 5.41) is 3.50. The van der Waals surface area contributed by atoms with Crippen LogP contribution < -0.4 is 5.32 Å². The van der Waals surface area contributed by atoms with Crippen molar-refractivity contribution in [2.24, 2.45) is 0 Å². The van der Waals surface area contributed by atoms with E-state index in [0.29, 0.717) is 0 Å². The van der Waals surface area contributed by atoms with E-state index in [0.717, 1.165) is 50.1 Å².